The largest absolute Gasteiger partial charge is 0.478 e. The summed E-state index contributed by atoms with van der Waals surface area (Å²) < 4.78 is 33.9. The summed E-state index contributed by atoms with van der Waals surface area (Å²) in [6.07, 6.45) is -0.734. The molecule has 0 radical (unpaired) electrons. The number of hydrogen-bond acceptors (Lipinski definition) is 8. The van der Waals surface area contributed by atoms with Crippen LogP contribution in [0, 0.1) is 0 Å². The summed E-state index contributed by atoms with van der Waals surface area (Å²) in [7, 11) is -5.68. The van der Waals surface area contributed by atoms with Crippen molar-refractivity contribution in [2.24, 2.45) is 0 Å². The molecule has 1 unspecified atom stereocenters. The molecule has 1 N–H and O–H groups in total. The molecule has 2 saturated heterocycles. The molecule has 2 aliphatic rings. The number of aliphatic hydroxyl groups is 1. The van der Waals surface area contributed by atoms with Crippen LogP contribution in [0.4, 0.5) is 0 Å². The molecular formula is C24H44N2O7Si2. The van der Waals surface area contributed by atoms with Crippen molar-refractivity contribution in [3.05, 3.63) is 22.7 Å². The minimum Gasteiger partial charge on any atom is -0.478 e. The SMILES string of the molecule is CCOc1ccn([C@@H]2O[C@H]3CO[Si](C(C)C)(C(C)C)O[Si](C(C)C)(C(C)C)OC3[C@]2(C)O)c(=O)n1. The fourth-order valence-electron chi connectivity index (χ4n) is 5.49. The zero-order valence-electron chi connectivity index (χ0n) is 22.9. The maximum absolute atomic E-state index is 12.9. The van der Waals surface area contributed by atoms with Crippen molar-refractivity contribution < 1.29 is 27.5 Å². The Labute approximate surface area is 211 Å². The molecule has 0 aliphatic carbocycles. The van der Waals surface area contributed by atoms with Crippen LogP contribution in [-0.4, -0.2) is 62.8 Å². The monoisotopic (exact) mass is 528 g/mol. The zero-order chi connectivity index (χ0) is 26.3. The highest BCUT2D eigenvalue weighted by Gasteiger charge is 2.64. The lowest BCUT2D eigenvalue weighted by Gasteiger charge is -2.52. The van der Waals surface area contributed by atoms with Crippen LogP contribution in [0.25, 0.3) is 0 Å². The Kier molecular flexibility index (Phi) is 8.42. The first kappa shape index (κ1) is 28.5. The number of fused-ring (bicyclic) bond motifs is 1. The zero-order valence-corrected chi connectivity index (χ0v) is 24.9. The number of nitrogens with zero attached hydrogens (tertiary/aromatic N) is 2. The van der Waals surface area contributed by atoms with Crippen molar-refractivity contribution >= 4 is 17.1 Å². The summed E-state index contributed by atoms with van der Waals surface area (Å²) in [5, 5.41) is 11.8. The van der Waals surface area contributed by atoms with Crippen LogP contribution in [0.1, 0.15) is 75.5 Å². The van der Waals surface area contributed by atoms with Crippen LogP contribution in [0.3, 0.4) is 0 Å². The Morgan fingerprint density at radius 1 is 1.11 bits per heavy atom. The van der Waals surface area contributed by atoms with Crippen molar-refractivity contribution in [1.82, 2.24) is 9.55 Å². The third-order valence-corrected chi connectivity index (χ3v) is 17.6. The second-order valence-corrected chi connectivity index (χ2v) is 20.0. The van der Waals surface area contributed by atoms with E-state index in [9.17, 15) is 9.90 Å². The average Bonchev–Trinajstić information content (AvgIpc) is 2.97. The second kappa shape index (κ2) is 10.3. The Bertz CT molecular complexity index is 919. The number of ether oxygens (including phenoxy) is 2. The van der Waals surface area contributed by atoms with E-state index in [1.165, 1.54) is 4.57 Å². The predicted molar refractivity (Wildman–Crippen MR) is 138 cm³/mol. The topological polar surface area (TPSA) is 101 Å². The summed E-state index contributed by atoms with van der Waals surface area (Å²) in [5.41, 5.74) is -1.46. The molecule has 1 aromatic rings. The third kappa shape index (κ3) is 4.93. The van der Waals surface area contributed by atoms with Crippen LogP contribution >= 0.6 is 0 Å². The van der Waals surface area contributed by atoms with E-state index in [0.29, 0.717) is 6.61 Å². The Morgan fingerprint density at radius 2 is 1.69 bits per heavy atom. The van der Waals surface area contributed by atoms with Gasteiger partial charge in [-0.15, -0.1) is 0 Å². The normalized spacial score (nSPS) is 30.5. The molecule has 0 bridgehead atoms. The lowest BCUT2D eigenvalue weighted by Crippen LogP contribution is -2.66. The van der Waals surface area contributed by atoms with Gasteiger partial charge in [0.2, 0.25) is 5.88 Å². The maximum atomic E-state index is 12.9. The Morgan fingerprint density at radius 3 is 2.17 bits per heavy atom. The van der Waals surface area contributed by atoms with Gasteiger partial charge in [-0.3, -0.25) is 4.57 Å². The summed E-state index contributed by atoms with van der Waals surface area (Å²) in [6.45, 7) is 21.3. The van der Waals surface area contributed by atoms with Gasteiger partial charge >= 0.3 is 22.8 Å². The van der Waals surface area contributed by atoms with E-state index in [1.807, 2.05) is 6.92 Å². The smallest absolute Gasteiger partial charge is 0.353 e. The van der Waals surface area contributed by atoms with E-state index >= 15 is 0 Å². The molecule has 3 rings (SSSR count). The average molecular weight is 529 g/mol. The van der Waals surface area contributed by atoms with Gasteiger partial charge in [0.1, 0.15) is 17.8 Å². The Balaban J connectivity index is 2.10. The molecule has 0 aromatic carbocycles. The first-order valence-electron chi connectivity index (χ1n) is 12.8. The summed E-state index contributed by atoms with van der Waals surface area (Å²) >= 11 is 0. The first-order valence-corrected chi connectivity index (χ1v) is 16.8. The van der Waals surface area contributed by atoms with Crippen molar-refractivity contribution in [2.75, 3.05) is 13.2 Å². The number of aromatic nitrogens is 2. The van der Waals surface area contributed by atoms with Gasteiger partial charge in [0, 0.05) is 12.3 Å². The van der Waals surface area contributed by atoms with Gasteiger partial charge in [-0.1, -0.05) is 55.4 Å². The van der Waals surface area contributed by atoms with Crippen LogP contribution < -0.4 is 10.4 Å². The predicted octanol–water partition coefficient (Wildman–Crippen LogP) is 4.25. The molecule has 4 atom stereocenters. The summed E-state index contributed by atoms with van der Waals surface area (Å²) in [4.78, 5) is 16.9. The van der Waals surface area contributed by atoms with Crippen molar-refractivity contribution in [1.29, 1.82) is 0 Å². The van der Waals surface area contributed by atoms with E-state index in [0.717, 1.165) is 0 Å². The van der Waals surface area contributed by atoms with Crippen LogP contribution in [0.15, 0.2) is 17.1 Å². The van der Waals surface area contributed by atoms with Crippen LogP contribution in [0.2, 0.25) is 22.2 Å². The van der Waals surface area contributed by atoms with Gasteiger partial charge in [-0.25, -0.2) is 4.79 Å². The van der Waals surface area contributed by atoms with Crippen molar-refractivity contribution in [3.8, 4) is 5.88 Å². The molecule has 0 amide bonds. The quantitative estimate of drug-likeness (QED) is 0.524. The molecule has 200 valence electrons. The standard InChI is InChI=1S/C24H44N2O7Si2/c1-11-29-20-12-13-26(23(27)25-20)22-24(10,28)21-19(31-22)14-30-34(15(2)3,16(4)5)33-35(32-21,17(6)7)18(8)9/h12-13,15-19,21-22,28H,11,14H2,1-10H3/t19-,21?,22+,24-/m0/s1. The van der Waals surface area contributed by atoms with Gasteiger partial charge in [0.15, 0.2) is 6.23 Å². The molecule has 3 heterocycles. The second-order valence-electron chi connectivity index (χ2n) is 11.2. The molecule has 35 heavy (non-hydrogen) atoms. The summed E-state index contributed by atoms with van der Waals surface area (Å²) in [5.74, 6) is 0.237. The van der Waals surface area contributed by atoms with E-state index in [2.05, 4.69) is 60.4 Å². The van der Waals surface area contributed by atoms with E-state index in [4.69, 9.17) is 22.4 Å². The van der Waals surface area contributed by atoms with E-state index < -0.39 is 46.8 Å². The van der Waals surface area contributed by atoms with Crippen molar-refractivity contribution in [2.45, 2.75) is 115 Å². The van der Waals surface area contributed by atoms with Gasteiger partial charge in [-0.05, 0) is 36.0 Å². The molecular weight excluding hydrogens is 484 g/mol. The van der Waals surface area contributed by atoms with Crippen LogP contribution in [-0.2, 0) is 17.7 Å². The third-order valence-electron chi connectivity index (χ3n) is 7.39. The number of hydrogen-bond donors (Lipinski definition) is 1. The van der Waals surface area contributed by atoms with E-state index in [-0.39, 0.29) is 34.7 Å². The molecule has 2 fully saturated rings. The summed E-state index contributed by atoms with van der Waals surface area (Å²) in [6, 6.07) is 1.60. The molecule has 11 heteroatoms. The lowest BCUT2D eigenvalue weighted by molar-refractivity contribution is -0.0974. The number of rotatable bonds is 7. The van der Waals surface area contributed by atoms with Gasteiger partial charge in [-0.2, -0.15) is 4.98 Å². The van der Waals surface area contributed by atoms with Gasteiger partial charge in [0.25, 0.3) is 0 Å². The maximum Gasteiger partial charge on any atom is 0.353 e. The fraction of sp³-hybridized carbons (Fsp3) is 0.833. The molecule has 2 aliphatic heterocycles. The fourth-order valence-corrected chi connectivity index (χ4v) is 16.8. The highest BCUT2D eigenvalue weighted by molar-refractivity contribution is 6.84. The minimum atomic E-state index is -2.95. The first-order chi connectivity index (χ1) is 16.2. The van der Waals surface area contributed by atoms with Crippen molar-refractivity contribution in [3.63, 3.8) is 0 Å². The van der Waals surface area contributed by atoms with E-state index in [1.54, 1.807) is 19.2 Å². The lowest BCUT2D eigenvalue weighted by atomic mass is 9.96. The molecule has 0 spiro atoms. The Hall–Kier alpha value is -1.09. The van der Waals surface area contributed by atoms with Gasteiger partial charge < -0.3 is 27.5 Å². The molecule has 1 aromatic heterocycles. The van der Waals surface area contributed by atoms with Crippen LogP contribution in [0.5, 0.6) is 5.88 Å². The molecule has 9 nitrogen and oxygen atoms in total. The molecule has 0 saturated carbocycles. The minimum absolute atomic E-state index is 0.110. The highest BCUT2D eigenvalue weighted by Crippen LogP contribution is 2.50. The van der Waals surface area contributed by atoms with Gasteiger partial charge in [0.05, 0.1) is 13.2 Å². The highest BCUT2D eigenvalue weighted by atomic mass is 28.5.